The average molecular weight is 337 g/mol. The van der Waals surface area contributed by atoms with Gasteiger partial charge in [0.1, 0.15) is 4.90 Å². The molecule has 2 rings (SSSR count). The Morgan fingerprint density at radius 2 is 2.05 bits per heavy atom. The summed E-state index contributed by atoms with van der Waals surface area (Å²) in [5, 5.41) is 0.541. The van der Waals surface area contributed by atoms with E-state index in [9.17, 15) is 8.42 Å². The van der Waals surface area contributed by atoms with E-state index in [4.69, 9.17) is 28.9 Å². The fourth-order valence-electron chi connectivity index (χ4n) is 2.59. The molecule has 20 heavy (non-hydrogen) atoms. The van der Waals surface area contributed by atoms with Crippen LogP contribution in [0.1, 0.15) is 31.7 Å². The lowest BCUT2D eigenvalue weighted by molar-refractivity contribution is 0.379. The predicted molar refractivity (Wildman–Crippen MR) is 81.6 cm³/mol. The van der Waals surface area contributed by atoms with Crippen molar-refractivity contribution in [1.82, 2.24) is 4.31 Å². The Bertz CT molecular complexity index is 605. The van der Waals surface area contributed by atoms with Crippen LogP contribution >= 0.6 is 23.2 Å². The maximum atomic E-state index is 12.8. The maximum Gasteiger partial charge on any atom is 0.244 e. The first-order valence-electron chi connectivity index (χ1n) is 6.61. The molecule has 0 aliphatic carbocycles. The standard InChI is InChI=1S/C13H18Cl2N2O2S/c1-2-10-4-3-5-17(10)20(18,19)13-6-9(8-16)11(14)7-12(13)15/h6-7,10H,2-5,8,16H2,1H3. The number of rotatable bonds is 4. The molecule has 1 aromatic rings. The number of nitrogens with two attached hydrogens (primary N) is 1. The first-order valence-corrected chi connectivity index (χ1v) is 8.81. The molecule has 1 unspecified atom stereocenters. The van der Waals surface area contributed by atoms with Crippen molar-refractivity contribution in [2.75, 3.05) is 6.54 Å². The van der Waals surface area contributed by atoms with E-state index in [-0.39, 0.29) is 22.5 Å². The highest BCUT2D eigenvalue weighted by Gasteiger charge is 2.35. The molecule has 1 atom stereocenters. The van der Waals surface area contributed by atoms with Gasteiger partial charge in [-0.3, -0.25) is 0 Å². The summed E-state index contributed by atoms with van der Waals surface area (Å²) in [6, 6.07) is 2.99. The van der Waals surface area contributed by atoms with Gasteiger partial charge in [0, 0.05) is 24.2 Å². The van der Waals surface area contributed by atoms with E-state index in [0.717, 1.165) is 19.3 Å². The van der Waals surface area contributed by atoms with E-state index in [1.54, 1.807) is 4.31 Å². The van der Waals surface area contributed by atoms with E-state index in [2.05, 4.69) is 0 Å². The second-order valence-electron chi connectivity index (χ2n) is 4.90. The fourth-order valence-corrected chi connectivity index (χ4v) is 5.20. The molecule has 1 aliphatic rings. The minimum absolute atomic E-state index is 0.0491. The highest BCUT2D eigenvalue weighted by atomic mass is 35.5. The minimum Gasteiger partial charge on any atom is -0.326 e. The van der Waals surface area contributed by atoms with E-state index in [1.165, 1.54) is 12.1 Å². The summed E-state index contributed by atoms with van der Waals surface area (Å²) in [6.07, 6.45) is 2.57. The third-order valence-corrected chi connectivity index (χ3v) is 6.47. The zero-order valence-corrected chi connectivity index (χ0v) is 13.6. The number of nitrogens with zero attached hydrogens (tertiary/aromatic N) is 1. The zero-order valence-electron chi connectivity index (χ0n) is 11.3. The van der Waals surface area contributed by atoms with E-state index in [0.29, 0.717) is 17.1 Å². The summed E-state index contributed by atoms with van der Waals surface area (Å²) >= 11 is 12.1. The number of hydrogen-bond donors (Lipinski definition) is 1. The fraction of sp³-hybridized carbons (Fsp3) is 0.538. The van der Waals surface area contributed by atoms with Crippen molar-refractivity contribution in [3.63, 3.8) is 0 Å². The summed E-state index contributed by atoms with van der Waals surface area (Å²) in [7, 11) is -3.59. The lowest BCUT2D eigenvalue weighted by atomic mass is 10.2. The number of sulfonamides is 1. The monoisotopic (exact) mass is 336 g/mol. The molecule has 1 saturated heterocycles. The van der Waals surface area contributed by atoms with Gasteiger partial charge >= 0.3 is 0 Å². The molecular formula is C13H18Cl2N2O2S. The number of benzene rings is 1. The van der Waals surface area contributed by atoms with Gasteiger partial charge in [0.2, 0.25) is 10.0 Å². The van der Waals surface area contributed by atoms with Crippen molar-refractivity contribution in [1.29, 1.82) is 0 Å². The zero-order chi connectivity index (χ0) is 14.9. The molecule has 7 heteroatoms. The van der Waals surface area contributed by atoms with Crippen LogP contribution in [-0.2, 0) is 16.6 Å². The van der Waals surface area contributed by atoms with Gasteiger partial charge in [-0.1, -0.05) is 30.1 Å². The van der Waals surface area contributed by atoms with Gasteiger partial charge in [-0.05, 0) is 37.0 Å². The third kappa shape index (κ3) is 2.83. The molecule has 4 nitrogen and oxygen atoms in total. The van der Waals surface area contributed by atoms with E-state index in [1.807, 2.05) is 6.92 Å². The van der Waals surface area contributed by atoms with Crippen molar-refractivity contribution in [2.45, 2.75) is 43.7 Å². The topological polar surface area (TPSA) is 63.4 Å². The second kappa shape index (κ2) is 6.20. The molecule has 1 aliphatic heterocycles. The molecule has 0 bridgehead atoms. The van der Waals surface area contributed by atoms with Crippen molar-refractivity contribution >= 4 is 33.2 Å². The van der Waals surface area contributed by atoms with Gasteiger partial charge in [0.25, 0.3) is 0 Å². The van der Waals surface area contributed by atoms with Gasteiger partial charge in [-0.25, -0.2) is 8.42 Å². The lowest BCUT2D eigenvalue weighted by Crippen LogP contribution is -2.35. The number of hydrogen-bond acceptors (Lipinski definition) is 3. The predicted octanol–water partition coefficient (Wildman–Crippen LogP) is 3.02. The third-order valence-electron chi connectivity index (χ3n) is 3.70. The van der Waals surface area contributed by atoms with Crippen LogP contribution in [-0.4, -0.2) is 25.3 Å². The molecule has 1 fully saturated rings. The Morgan fingerprint density at radius 3 is 2.65 bits per heavy atom. The largest absolute Gasteiger partial charge is 0.326 e. The summed E-state index contributed by atoms with van der Waals surface area (Å²) < 4.78 is 27.1. The number of halogens is 2. The van der Waals surface area contributed by atoms with Gasteiger partial charge in [-0.2, -0.15) is 4.31 Å². The second-order valence-corrected chi connectivity index (χ2v) is 7.57. The first-order chi connectivity index (χ1) is 9.41. The Kier molecular flexibility index (Phi) is 4.97. The molecule has 0 radical (unpaired) electrons. The first kappa shape index (κ1) is 16.0. The SMILES string of the molecule is CCC1CCCN1S(=O)(=O)c1cc(CN)c(Cl)cc1Cl. The van der Waals surface area contributed by atoms with Gasteiger partial charge < -0.3 is 5.73 Å². The maximum absolute atomic E-state index is 12.8. The van der Waals surface area contributed by atoms with Crippen LogP contribution in [0.2, 0.25) is 10.0 Å². The Morgan fingerprint density at radius 1 is 1.35 bits per heavy atom. The highest BCUT2D eigenvalue weighted by Crippen LogP contribution is 2.34. The molecule has 0 amide bonds. The van der Waals surface area contributed by atoms with Crippen molar-refractivity contribution in [2.24, 2.45) is 5.73 Å². The van der Waals surface area contributed by atoms with Gasteiger partial charge in [-0.15, -0.1) is 0 Å². The van der Waals surface area contributed by atoms with Crippen LogP contribution in [0, 0.1) is 0 Å². The Hall–Kier alpha value is -0.330. The molecular weight excluding hydrogens is 319 g/mol. The normalized spacial score (nSPS) is 20.5. The average Bonchev–Trinajstić information content (AvgIpc) is 2.87. The van der Waals surface area contributed by atoms with Crippen LogP contribution in [0.5, 0.6) is 0 Å². The molecule has 0 spiro atoms. The van der Waals surface area contributed by atoms with Crippen molar-refractivity contribution < 1.29 is 8.42 Å². The summed E-state index contributed by atoms with van der Waals surface area (Å²) in [6.45, 7) is 2.71. The van der Waals surface area contributed by atoms with E-state index < -0.39 is 10.0 Å². The van der Waals surface area contributed by atoms with Crippen molar-refractivity contribution in [3.8, 4) is 0 Å². The van der Waals surface area contributed by atoms with Crippen LogP contribution in [0.3, 0.4) is 0 Å². The molecule has 0 aromatic heterocycles. The van der Waals surface area contributed by atoms with E-state index >= 15 is 0 Å². The Balaban J connectivity index is 2.49. The molecule has 112 valence electrons. The Labute approximate surface area is 129 Å². The van der Waals surface area contributed by atoms with Crippen LogP contribution < -0.4 is 5.73 Å². The summed E-state index contributed by atoms with van der Waals surface area (Å²) in [4.78, 5) is 0.101. The summed E-state index contributed by atoms with van der Waals surface area (Å²) in [5.41, 5.74) is 6.17. The smallest absolute Gasteiger partial charge is 0.244 e. The van der Waals surface area contributed by atoms with Crippen LogP contribution in [0.25, 0.3) is 0 Å². The van der Waals surface area contributed by atoms with Gasteiger partial charge in [0.15, 0.2) is 0 Å². The lowest BCUT2D eigenvalue weighted by Gasteiger charge is -2.24. The van der Waals surface area contributed by atoms with Crippen LogP contribution in [0.4, 0.5) is 0 Å². The summed E-state index contributed by atoms with van der Waals surface area (Å²) in [5.74, 6) is 0. The highest BCUT2D eigenvalue weighted by molar-refractivity contribution is 7.89. The minimum atomic E-state index is -3.59. The molecule has 1 aromatic carbocycles. The van der Waals surface area contributed by atoms with Crippen molar-refractivity contribution in [3.05, 3.63) is 27.7 Å². The molecule has 0 saturated carbocycles. The molecule has 1 heterocycles. The van der Waals surface area contributed by atoms with Crippen LogP contribution in [0.15, 0.2) is 17.0 Å². The molecule has 2 N–H and O–H groups in total. The quantitative estimate of drug-likeness (QED) is 0.919. The van der Waals surface area contributed by atoms with Gasteiger partial charge in [0.05, 0.1) is 5.02 Å².